The number of nitrogens with zero attached hydrogens (tertiary/aromatic N) is 1. The highest BCUT2D eigenvalue weighted by Crippen LogP contribution is 2.23. The van der Waals surface area contributed by atoms with Crippen molar-refractivity contribution in [3.8, 4) is 0 Å². The zero-order chi connectivity index (χ0) is 17.5. The molecule has 9 heteroatoms. The molecular formula is C15H12Cl2N2O3S2. The summed E-state index contributed by atoms with van der Waals surface area (Å²) in [6.07, 6.45) is 0. The van der Waals surface area contributed by atoms with E-state index in [1.165, 1.54) is 16.7 Å². The molecule has 0 aliphatic heterocycles. The van der Waals surface area contributed by atoms with Crippen LogP contribution in [0.2, 0.25) is 10.0 Å². The Morgan fingerprint density at radius 3 is 2.62 bits per heavy atom. The number of hydrogen-bond donors (Lipinski definition) is 1. The fourth-order valence-corrected chi connectivity index (χ4v) is 4.70. The summed E-state index contributed by atoms with van der Waals surface area (Å²) in [4.78, 5) is 11.6. The molecule has 0 amide bonds. The van der Waals surface area contributed by atoms with E-state index in [-0.39, 0.29) is 16.3 Å². The number of rotatable bonds is 4. The van der Waals surface area contributed by atoms with Crippen LogP contribution in [-0.4, -0.2) is 13.0 Å². The summed E-state index contributed by atoms with van der Waals surface area (Å²) in [5, 5.41) is 0.873. The van der Waals surface area contributed by atoms with Crippen molar-refractivity contribution >= 4 is 54.8 Å². The van der Waals surface area contributed by atoms with Gasteiger partial charge in [0, 0.05) is 23.6 Å². The van der Waals surface area contributed by atoms with Gasteiger partial charge in [0.1, 0.15) is 0 Å². The average molecular weight is 403 g/mol. The smallest absolute Gasteiger partial charge is 0.302 e. The van der Waals surface area contributed by atoms with Gasteiger partial charge >= 0.3 is 4.87 Å². The molecule has 0 aliphatic rings. The predicted molar refractivity (Wildman–Crippen MR) is 97.6 cm³/mol. The first-order valence-electron chi connectivity index (χ1n) is 6.81. The molecule has 24 heavy (non-hydrogen) atoms. The van der Waals surface area contributed by atoms with Crippen molar-refractivity contribution in [2.45, 2.75) is 11.4 Å². The van der Waals surface area contributed by atoms with Crippen molar-refractivity contribution in [1.82, 2.24) is 9.29 Å². The molecule has 0 radical (unpaired) electrons. The summed E-state index contributed by atoms with van der Waals surface area (Å²) < 4.78 is 29.5. The zero-order valence-corrected chi connectivity index (χ0v) is 15.6. The molecule has 0 bridgehead atoms. The van der Waals surface area contributed by atoms with Crippen molar-refractivity contribution < 1.29 is 8.42 Å². The third kappa shape index (κ3) is 3.36. The molecule has 0 saturated heterocycles. The Bertz CT molecular complexity index is 1090. The van der Waals surface area contributed by atoms with Crippen LogP contribution in [-0.2, 0) is 23.6 Å². The van der Waals surface area contributed by atoms with E-state index in [0.717, 1.165) is 11.3 Å². The van der Waals surface area contributed by atoms with E-state index in [2.05, 4.69) is 4.72 Å². The van der Waals surface area contributed by atoms with E-state index < -0.39 is 10.0 Å². The lowest BCUT2D eigenvalue weighted by Gasteiger charge is -2.09. The molecule has 0 unspecified atom stereocenters. The van der Waals surface area contributed by atoms with Crippen LogP contribution < -0.4 is 9.60 Å². The molecule has 0 atom stereocenters. The van der Waals surface area contributed by atoms with Crippen LogP contribution in [0.3, 0.4) is 0 Å². The molecule has 1 aromatic heterocycles. The summed E-state index contributed by atoms with van der Waals surface area (Å²) in [6.45, 7) is 0.0431. The maximum absolute atomic E-state index is 12.5. The number of aromatic nitrogens is 1. The van der Waals surface area contributed by atoms with Gasteiger partial charge in [0.25, 0.3) is 0 Å². The second-order valence-electron chi connectivity index (χ2n) is 5.12. The lowest BCUT2D eigenvalue weighted by atomic mass is 10.2. The van der Waals surface area contributed by atoms with Crippen molar-refractivity contribution in [2.75, 3.05) is 0 Å². The molecule has 1 N–H and O–H groups in total. The highest BCUT2D eigenvalue weighted by molar-refractivity contribution is 7.89. The van der Waals surface area contributed by atoms with Gasteiger partial charge in [0.2, 0.25) is 10.0 Å². The Kier molecular flexibility index (Phi) is 4.72. The van der Waals surface area contributed by atoms with Crippen LogP contribution in [0.25, 0.3) is 10.2 Å². The minimum atomic E-state index is -3.73. The number of hydrogen-bond acceptors (Lipinski definition) is 4. The Labute approximate surface area is 152 Å². The molecule has 126 valence electrons. The first kappa shape index (κ1) is 17.4. The topological polar surface area (TPSA) is 68.2 Å². The molecule has 3 rings (SSSR count). The van der Waals surface area contributed by atoms with Gasteiger partial charge < -0.3 is 4.57 Å². The van der Waals surface area contributed by atoms with E-state index in [1.54, 1.807) is 31.3 Å². The predicted octanol–water partition coefficient (Wildman–Crippen LogP) is 3.39. The normalized spacial score (nSPS) is 12.0. The summed E-state index contributed by atoms with van der Waals surface area (Å²) in [7, 11) is -2.08. The average Bonchev–Trinajstić information content (AvgIpc) is 2.81. The largest absolute Gasteiger partial charge is 0.307 e. The number of benzene rings is 2. The fraction of sp³-hybridized carbons (Fsp3) is 0.133. The summed E-state index contributed by atoms with van der Waals surface area (Å²) >= 11 is 12.9. The molecular weight excluding hydrogens is 391 g/mol. The molecule has 2 aromatic carbocycles. The zero-order valence-electron chi connectivity index (χ0n) is 12.4. The van der Waals surface area contributed by atoms with Gasteiger partial charge in [-0.1, -0.05) is 40.6 Å². The third-order valence-electron chi connectivity index (χ3n) is 3.54. The maximum Gasteiger partial charge on any atom is 0.307 e. The summed E-state index contributed by atoms with van der Waals surface area (Å²) in [6, 6.07) is 9.45. The summed E-state index contributed by atoms with van der Waals surface area (Å²) in [5.74, 6) is 0. The minimum Gasteiger partial charge on any atom is -0.302 e. The third-order valence-corrected chi connectivity index (χ3v) is 6.52. The van der Waals surface area contributed by atoms with Crippen molar-refractivity contribution in [1.29, 1.82) is 0 Å². The Balaban J connectivity index is 1.88. The second kappa shape index (κ2) is 6.50. The lowest BCUT2D eigenvalue weighted by molar-refractivity contribution is 0.581. The van der Waals surface area contributed by atoms with Crippen LogP contribution in [0, 0.1) is 0 Å². The molecule has 1 heterocycles. The fourth-order valence-electron chi connectivity index (χ4n) is 2.20. The quantitative estimate of drug-likeness (QED) is 0.726. The van der Waals surface area contributed by atoms with E-state index in [1.807, 2.05) is 0 Å². The standard InChI is InChI=1S/C15H12Cl2N2O3S2/c1-19-13-5-4-11(7-14(13)23-15(19)20)24(21,22)18-8-9-2-3-10(16)6-12(9)17/h2-7,18H,8H2,1H3. The molecule has 0 spiro atoms. The van der Waals surface area contributed by atoms with E-state index in [9.17, 15) is 13.2 Å². The number of sulfonamides is 1. The van der Waals surface area contributed by atoms with Crippen molar-refractivity contribution in [3.63, 3.8) is 0 Å². The number of nitrogens with one attached hydrogen (secondary N) is 1. The Morgan fingerprint density at radius 1 is 1.17 bits per heavy atom. The van der Waals surface area contributed by atoms with Crippen molar-refractivity contribution in [3.05, 3.63) is 61.7 Å². The van der Waals surface area contributed by atoms with Gasteiger partial charge in [-0.2, -0.15) is 0 Å². The first-order valence-corrected chi connectivity index (χ1v) is 9.87. The second-order valence-corrected chi connectivity index (χ2v) is 8.72. The molecule has 5 nitrogen and oxygen atoms in total. The van der Waals surface area contributed by atoms with Gasteiger partial charge in [0.15, 0.2) is 0 Å². The van der Waals surface area contributed by atoms with Gasteiger partial charge in [-0.3, -0.25) is 4.79 Å². The molecule has 3 aromatic rings. The first-order chi connectivity index (χ1) is 11.3. The minimum absolute atomic E-state index is 0.0431. The van der Waals surface area contributed by atoms with Crippen LogP contribution in [0.15, 0.2) is 46.1 Å². The number of thiazole rings is 1. The Morgan fingerprint density at radius 2 is 1.92 bits per heavy atom. The number of halogens is 2. The number of fused-ring (bicyclic) bond motifs is 1. The Hall–Kier alpha value is -1.38. The van der Waals surface area contributed by atoms with E-state index >= 15 is 0 Å². The van der Waals surface area contributed by atoms with Gasteiger partial charge in [-0.05, 0) is 35.9 Å². The number of aryl methyl sites for hydroxylation is 1. The van der Waals surface area contributed by atoms with Gasteiger partial charge in [-0.25, -0.2) is 13.1 Å². The maximum atomic E-state index is 12.5. The van der Waals surface area contributed by atoms with E-state index in [4.69, 9.17) is 23.2 Å². The summed E-state index contributed by atoms with van der Waals surface area (Å²) in [5.41, 5.74) is 1.32. The van der Waals surface area contributed by atoms with Crippen molar-refractivity contribution in [2.24, 2.45) is 7.05 Å². The van der Waals surface area contributed by atoms with Crippen LogP contribution in [0.4, 0.5) is 0 Å². The molecule has 0 saturated carbocycles. The molecule has 0 aliphatic carbocycles. The lowest BCUT2D eigenvalue weighted by Crippen LogP contribution is -2.23. The van der Waals surface area contributed by atoms with Crippen LogP contribution in [0.5, 0.6) is 0 Å². The SMILES string of the molecule is Cn1c(=O)sc2cc(S(=O)(=O)NCc3ccc(Cl)cc3Cl)ccc21. The van der Waals surface area contributed by atoms with Gasteiger partial charge in [-0.15, -0.1) is 0 Å². The van der Waals surface area contributed by atoms with Crippen LogP contribution in [0.1, 0.15) is 5.56 Å². The highest BCUT2D eigenvalue weighted by atomic mass is 35.5. The monoisotopic (exact) mass is 402 g/mol. The molecule has 0 fully saturated rings. The van der Waals surface area contributed by atoms with Gasteiger partial charge in [0.05, 0.1) is 15.1 Å². The highest BCUT2D eigenvalue weighted by Gasteiger charge is 2.16. The van der Waals surface area contributed by atoms with Crippen LogP contribution >= 0.6 is 34.5 Å². The van der Waals surface area contributed by atoms with E-state index in [0.29, 0.717) is 25.8 Å².